The summed E-state index contributed by atoms with van der Waals surface area (Å²) in [7, 11) is 0. The molecule has 0 aliphatic rings. The van der Waals surface area contributed by atoms with E-state index in [9.17, 15) is 4.79 Å². The van der Waals surface area contributed by atoms with Gasteiger partial charge in [-0.2, -0.15) is 0 Å². The summed E-state index contributed by atoms with van der Waals surface area (Å²) in [6.45, 7) is 3.88. The van der Waals surface area contributed by atoms with Gasteiger partial charge in [0.1, 0.15) is 11.5 Å². The first-order valence-electron chi connectivity index (χ1n) is 7.00. The van der Waals surface area contributed by atoms with E-state index in [0.29, 0.717) is 16.5 Å². The van der Waals surface area contributed by atoms with E-state index in [1.807, 2.05) is 19.9 Å². The number of nitrogens with zero attached hydrogens (tertiary/aromatic N) is 2. The zero-order chi connectivity index (χ0) is 15.5. The molecule has 0 bridgehead atoms. The summed E-state index contributed by atoms with van der Waals surface area (Å²) in [5, 5.41) is 3.67. The maximum atomic E-state index is 12.5. The highest BCUT2D eigenvalue weighted by Gasteiger charge is 2.21. The summed E-state index contributed by atoms with van der Waals surface area (Å²) < 4.78 is 5.33. The van der Waals surface area contributed by atoms with Gasteiger partial charge in [-0.1, -0.05) is 6.92 Å². The molecule has 3 aromatic heterocycles. The Labute approximate surface area is 131 Å². The number of aromatic amines is 1. The zero-order valence-corrected chi connectivity index (χ0v) is 13.1. The maximum absolute atomic E-state index is 12.5. The predicted octanol–water partition coefficient (Wildman–Crippen LogP) is 3.32. The third kappa shape index (κ3) is 2.80. The van der Waals surface area contributed by atoms with Gasteiger partial charge in [-0.05, 0) is 25.5 Å². The summed E-state index contributed by atoms with van der Waals surface area (Å²) in [6, 6.07) is 3.48. The second-order valence-electron chi connectivity index (χ2n) is 4.81. The molecule has 1 amide bonds. The molecule has 0 saturated carbocycles. The maximum Gasteiger partial charge on any atom is 0.271 e. The molecule has 0 aliphatic carbocycles. The van der Waals surface area contributed by atoms with Crippen molar-refractivity contribution < 1.29 is 9.21 Å². The molecule has 0 fully saturated rings. The second kappa shape index (κ2) is 6.15. The number of nitrogens with one attached hydrogen (secondary N) is 2. The van der Waals surface area contributed by atoms with Gasteiger partial charge < -0.3 is 14.7 Å². The lowest BCUT2D eigenvalue weighted by molar-refractivity contribution is 0.0929. The number of carbonyl (C=O) groups is 1. The van der Waals surface area contributed by atoms with E-state index in [0.717, 1.165) is 17.1 Å². The van der Waals surface area contributed by atoms with Crippen LogP contribution in [-0.2, 0) is 0 Å². The third-order valence-corrected chi connectivity index (χ3v) is 4.29. The molecule has 0 saturated heterocycles. The number of imidazole rings is 1. The normalized spacial score (nSPS) is 12.3. The number of H-pyrrole nitrogens is 1. The minimum absolute atomic E-state index is 0.157. The molecule has 3 aromatic rings. The highest BCUT2D eigenvalue weighted by molar-refractivity contribution is 7.15. The first-order chi connectivity index (χ1) is 10.7. The summed E-state index contributed by atoms with van der Waals surface area (Å²) in [5.41, 5.74) is 0.432. The fraction of sp³-hybridized carbons (Fsp3) is 0.267. The monoisotopic (exact) mass is 316 g/mol. The largest absolute Gasteiger partial charge is 0.462 e. The molecule has 2 N–H and O–H groups in total. The quantitative estimate of drug-likeness (QED) is 0.756. The van der Waals surface area contributed by atoms with E-state index in [2.05, 4.69) is 20.3 Å². The van der Waals surface area contributed by atoms with E-state index >= 15 is 0 Å². The fourth-order valence-electron chi connectivity index (χ4n) is 2.17. The van der Waals surface area contributed by atoms with Crippen LogP contribution >= 0.6 is 11.3 Å². The standard InChI is InChI=1S/C15H16N4O2S/c1-3-10(13-16-6-7-17-13)18-14(20)12-9(2)22-15(19-12)11-5-4-8-21-11/h4-8,10H,3H2,1-2H3,(H,16,17)(H,18,20). The first kappa shape index (κ1) is 14.5. The molecule has 6 nitrogen and oxygen atoms in total. The Morgan fingerprint density at radius 1 is 1.55 bits per heavy atom. The Balaban J connectivity index is 1.80. The Bertz CT molecular complexity index is 747. The van der Waals surface area contributed by atoms with Gasteiger partial charge in [0.15, 0.2) is 10.8 Å². The minimum atomic E-state index is -0.199. The number of aryl methyl sites for hydroxylation is 1. The number of aromatic nitrogens is 3. The number of furan rings is 1. The van der Waals surface area contributed by atoms with Crippen molar-refractivity contribution in [1.82, 2.24) is 20.3 Å². The van der Waals surface area contributed by atoms with E-state index < -0.39 is 0 Å². The van der Waals surface area contributed by atoms with Gasteiger partial charge in [-0.15, -0.1) is 11.3 Å². The van der Waals surface area contributed by atoms with Crippen LogP contribution in [0.15, 0.2) is 35.2 Å². The van der Waals surface area contributed by atoms with Gasteiger partial charge in [-0.25, -0.2) is 9.97 Å². The van der Waals surface area contributed by atoms with Crippen LogP contribution < -0.4 is 5.32 Å². The molecule has 0 aromatic carbocycles. The van der Waals surface area contributed by atoms with Crippen molar-refractivity contribution in [3.05, 3.63) is 47.2 Å². The van der Waals surface area contributed by atoms with Crippen LogP contribution in [-0.4, -0.2) is 20.9 Å². The Morgan fingerprint density at radius 3 is 3.05 bits per heavy atom. The zero-order valence-electron chi connectivity index (χ0n) is 12.3. The molecular weight excluding hydrogens is 300 g/mol. The smallest absolute Gasteiger partial charge is 0.271 e. The number of hydrogen-bond acceptors (Lipinski definition) is 5. The molecule has 3 heterocycles. The van der Waals surface area contributed by atoms with Crippen LogP contribution in [0.1, 0.15) is 40.6 Å². The van der Waals surface area contributed by atoms with Crippen molar-refractivity contribution in [3.63, 3.8) is 0 Å². The number of amides is 1. The highest BCUT2D eigenvalue weighted by Crippen LogP contribution is 2.28. The van der Waals surface area contributed by atoms with E-state index in [4.69, 9.17) is 4.42 Å². The molecule has 0 aliphatic heterocycles. The molecule has 1 atom stereocenters. The van der Waals surface area contributed by atoms with Gasteiger partial charge in [0.2, 0.25) is 0 Å². The van der Waals surface area contributed by atoms with Gasteiger partial charge in [0.25, 0.3) is 5.91 Å². The predicted molar refractivity (Wildman–Crippen MR) is 83.6 cm³/mol. The molecule has 3 rings (SSSR count). The lowest BCUT2D eigenvalue weighted by Crippen LogP contribution is -2.29. The van der Waals surface area contributed by atoms with Crippen LogP contribution in [0.3, 0.4) is 0 Å². The molecule has 22 heavy (non-hydrogen) atoms. The Morgan fingerprint density at radius 2 is 2.41 bits per heavy atom. The number of hydrogen-bond donors (Lipinski definition) is 2. The number of thiazole rings is 1. The number of rotatable bonds is 5. The van der Waals surface area contributed by atoms with Crippen LogP contribution in [0, 0.1) is 6.92 Å². The summed E-state index contributed by atoms with van der Waals surface area (Å²) >= 11 is 1.44. The SMILES string of the molecule is CCC(NC(=O)c1nc(-c2ccco2)sc1C)c1ncc[nH]1. The summed E-state index contributed by atoms with van der Waals surface area (Å²) in [6.07, 6.45) is 5.75. The third-order valence-electron chi connectivity index (χ3n) is 3.31. The Kier molecular flexibility index (Phi) is 4.06. The summed E-state index contributed by atoms with van der Waals surface area (Å²) in [5.74, 6) is 1.22. The molecular formula is C15H16N4O2S. The number of carbonyl (C=O) groups excluding carboxylic acids is 1. The van der Waals surface area contributed by atoms with E-state index in [1.165, 1.54) is 11.3 Å². The van der Waals surface area contributed by atoms with Crippen molar-refractivity contribution in [2.45, 2.75) is 26.3 Å². The van der Waals surface area contributed by atoms with Crippen LogP contribution in [0.25, 0.3) is 10.8 Å². The van der Waals surface area contributed by atoms with Crippen LogP contribution in [0.5, 0.6) is 0 Å². The molecule has 0 spiro atoms. The topological polar surface area (TPSA) is 83.8 Å². The molecule has 0 radical (unpaired) electrons. The molecule has 7 heteroatoms. The van der Waals surface area contributed by atoms with Gasteiger partial charge >= 0.3 is 0 Å². The van der Waals surface area contributed by atoms with Crippen molar-refractivity contribution in [3.8, 4) is 10.8 Å². The Hall–Kier alpha value is -2.41. The van der Waals surface area contributed by atoms with Crippen molar-refractivity contribution in [2.24, 2.45) is 0 Å². The average molecular weight is 316 g/mol. The minimum Gasteiger partial charge on any atom is -0.462 e. The van der Waals surface area contributed by atoms with Crippen LogP contribution in [0.4, 0.5) is 0 Å². The first-order valence-corrected chi connectivity index (χ1v) is 7.82. The molecule has 1 unspecified atom stereocenters. The van der Waals surface area contributed by atoms with E-state index in [-0.39, 0.29) is 11.9 Å². The second-order valence-corrected chi connectivity index (χ2v) is 6.01. The summed E-state index contributed by atoms with van der Waals surface area (Å²) in [4.78, 5) is 25.0. The van der Waals surface area contributed by atoms with Gasteiger partial charge in [-0.3, -0.25) is 4.79 Å². The van der Waals surface area contributed by atoms with E-state index in [1.54, 1.807) is 24.7 Å². The van der Waals surface area contributed by atoms with Crippen molar-refractivity contribution in [2.75, 3.05) is 0 Å². The van der Waals surface area contributed by atoms with Crippen LogP contribution in [0.2, 0.25) is 0 Å². The fourth-order valence-corrected chi connectivity index (χ4v) is 3.05. The average Bonchev–Trinajstić information content (AvgIpc) is 3.24. The van der Waals surface area contributed by atoms with Gasteiger partial charge in [0, 0.05) is 17.3 Å². The highest BCUT2D eigenvalue weighted by atomic mass is 32.1. The van der Waals surface area contributed by atoms with Crippen molar-refractivity contribution in [1.29, 1.82) is 0 Å². The lowest BCUT2D eigenvalue weighted by atomic mass is 10.2. The lowest BCUT2D eigenvalue weighted by Gasteiger charge is -2.13. The van der Waals surface area contributed by atoms with Gasteiger partial charge in [0.05, 0.1) is 12.3 Å². The molecule has 114 valence electrons. The van der Waals surface area contributed by atoms with Crippen molar-refractivity contribution >= 4 is 17.2 Å².